The van der Waals surface area contributed by atoms with Gasteiger partial charge < -0.3 is 10.3 Å². The highest BCUT2D eigenvalue weighted by atomic mass is 32.2. The first kappa shape index (κ1) is 19.8. The van der Waals surface area contributed by atoms with E-state index in [1.807, 2.05) is 13.0 Å². The number of aromatic nitrogens is 1. The Hall–Kier alpha value is -1.97. The van der Waals surface area contributed by atoms with E-state index in [0.717, 1.165) is 35.4 Å². The maximum absolute atomic E-state index is 12.5. The maximum atomic E-state index is 12.5. The van der Waals surface area contributed by atoms with Gasteiger partial charge in [0.05, 0.1) is 6.42 Å². The molecule has 1 amide bonds. The van der Waals surface area contributed by atoms with Crippen LogP contribution in [0.15, 0.2) is 27.2 Å². The number of amides is 1. The Morgan fingerprint density at radius 2 is 1.96 bits per heavy atom. The molecule has 7 nitrogen and oxygen atoms in total. The molecular weight excluding hydrogens is 386 g/mol. The molecule has 0 unspecified atom stereocenters. The van der Waals surface area contributed by atoms with Gasteiger partial charge in [0, 0.05) is 35.8 Å². The summed E-state index contributed by atoms with van der Waals surface area (Å²) in [4.78, 5) is 27.6. The fourth-order valence-electron chi connectivity index (χ4n) is 3.16. The number of hydrogen-bond acceptors (Lipinski definition) is 5. The van der Waals surface area contributed by atoms with Crippen LogP contribution in [-0.4, -0.2) is 36.7 Å². The molecule has 0 radical (unpaired) electrons. The summed E-state index contributed by atoms with van der Waals surface area (Å²) >= 11 is 1.13. The number of rotatable bonds is 6. The molecule has 1 fully saturated rings. The first-order chi connectivity index (χ1) is 12.8. The minimum atomic E-state index is -3.45. The van der Waals surface area contributed by atoms with Gasteiger partial charge in [-0.05, 0) is 50.5 Å². The molecule has 0 aromatic carbocycles. The molecule has 0 aliphatic carbocycles. The molecule has 3 rings (SSSR count). The van der Waals surface area contributed by atoms with Crippen molar-refractivity contribution in [1.29, 1.82) is 0 Å². The van der Waals surface area contributed by atoms with E-state index in [1.54, 1.807) is 19.1 Å². The number of aromatic amines is 1. The minimum Gasteiger partial charge on any atom is -0.351 e. The van der Waals surface area contributed by atoms with Crippen molar-refractivity contribution >= 4 is 27.3 Å². The van der Waals surface area contributed by atoms with Gasteiger partial charge in [-0.3, -0.25) is 9.59 Å². The number of nitrogens with zero attached hydrogens (tertiary/aromatic N) is 1. The second-order valence-electron chi connectivity index (χ2n) is 6.73. The van der Waals surface area contributed by atoms with E-state index in [2.05, 4.69) is 10.3 Å². The second kappa shape index (κ2) is 7.95. The number of pyridine rings is 1. The first-order valence-electron chi connectivity index (χ1n) is 8.82. The molecule has 146 valence electrons. The summed E-state index contributed by atoms with van der Waals surface area (Å²) < 4.78 is 26.9. The topological polar surface area (TPSA) is 99.3 Å². The molecule has 3 heterocycles. The molecule has 27 heavy (non-hydrogen) atoms. The van der Waals surface area contributed by atoms with Crippen molar-refractivity contribution in [3.8, 4) is 0 Å². The fraction of sp³-hybridized carbons (Fsp3) is 0.444. The molecule has 1 saturated heterocycles. The third kappa shape index (κ3) is 4.48. The van der Waals surface area contributed by atoms with Crippen LogP contribution in [0, 0.1) is 13.8 Å². The minimum absolute atomic E-state index is 0.0863. The molecule has 0 spiro atoms. The van der Waals surface area contributed by atoms with Crippen molar-refractivity contribution < 1.29 is 13.2 Å². The Morgan fingerprint density at radius 3 is 2.63 bits per heavy atom. The molecule has 1 aliphatic heterocycles. The lowest BCUT2D eigenvalue weighted by molar-refractivity contribution is -0.120. The first-order valence-corrected chi connectivity index (χ1v) is 11.1. The third-order valence-corrected chi connectivity index (χ3v) is 8.04. The highest BCUT2D eigenvalue weighted by molar-refractivity contribution is 7.91. The summed E-state index contributed by atoms with van der Waals surface area (Å²) in [6.07, 6.45) is 1.86. The number of carbonyl (C=O) groups is 1. The van der Waals surface area contributed by atoms with Crippen molar-refractivity contribution in [1.82, 2.24) is 14.6 Å². The molecule has 0 bridgehead atoms. The average molecular weight is 410 g/mol. The number of thiophene rings is 1. The van der Waals surface area contributed by atoms with Crippen molar-refractivity contribution in [3.05, 3.63) is 50.3 Å². The van der Waals surface area contributed by atoms with Crippen LogP contribution < -0.4 is 10.9 Å². The van der Waals surface area contributed by atoms with Gasteiger partial charge in [-0.1, -0.05) is 0 Å². The van der Waals surface area contributed by atoms with Gasteiger partial charge in [0.2, 0.25) is 5.91 Å². The molecule has 1 aliphatic rings. The summed E-state index contributed by atoms with van der Waals surface area (Å²) in [5, 5.41) is 2.74. The SMILES string of the molecule is Cc1cc(C)c(CNC(=O)Cc2ccc(S(=O)(=O)N3CCCC3)s2)c(=O)[nH]1. The smallest absolute Gasteiger partial charge is 0.253 e. The van der Waals surface area contributed by atoms with Crippen molar-refractivity contribution in [3.63, 3.8) is 0 Å². The summed E-state index contributed by atoms with van der Waals surface area (Å²) in [6, 6.07) is 5.10. The summed E-state index contributed by atoms with van der Waals surface area (Å²) in [6.45, 7) is 4.89. The van der Waals surface area contributed by atoms with Gasteiger partial charge in [-0.25, -0.2) is 8.42 Å². The lowest BCUT2D eigenvalue weighted by atomic mass is 10.1. The predicted molar refractivity (Wildman–Crippen MR) is 104 cm³/mol. The third-order valence-electron chi connectivity index (χ3n) is 4.59. The van der Waals surface area contributed by atoms with Crippen molar-refractivity contribution in [2.75, 3.05) is 13.1 Å². The second-order valence-corrected chi connectivity index (χ2v) is 10.1. The predicted octanol–water partition coefficient (Wildman–Crippen LogP) is 1.70. The summed E-state index contributed by atoms with van der Waals surface area (Å²) in [5.74, 6) is -0.249. The van der Waals surface area contributed by atoms with Crippen LogP contribution in [-0.2, 0) is 27.8 Å². The van der Waals surface area contributed by atoms with Crippen LogP contribution in [0.3, 0.4) is 0 Å². The number of carbonyl (C=O) groups excluding carboxylic acids is 1. The fourth-order valence-corrected chi connectivity index (χ4v) is 6.18. The van der Waals surface area contributed by atoms with Crippen molar-refractivity contribution in [2.24, 2.45) is 0 Å². The molecule has 9 heteroatoms. The van der Waals surface area contributed by atoms with Gasteiger partial charge in [0.15, 0.2) is 0 Å². The van der Waals surface area contributed by atoms with Gasteiger partial charge in [0.1, 0.15) is 4.21 Å². The molecular formula is C18H23N3O4S2. The van der Waals surface area contributed by atoms with E-state index in [-0.39, 0.29) is 28.6 Å². The van der Waals surface area contributed by atoms with E-state index in [9.17, 15) is 18.0 Å². The van der Waals surface area contributed by atoms with Crippen LogP contribution in [0.5, 0.6) is 0 Å². The van der Waals surface area contributed by atoms with E-state index >= 15 is 0 Å². The van der Waals surface area contributed by atoms with E-state index in [0.29, 0.717) is 23.5 Å². The van der Waals surface area contributed by atoms with Crippen molar-refractivity contribution in [2.45, 2.75) is 43.9 Å². The average Bonchev–Trinajstić information content (AvgIpc) is 3.26. The molecule has 0 saturated carbocycles. The zero-order valence-electron chi connectivity index (χ0n) is 15.4. The van der Waals surface area contributed by atoms with Gasteiger partial charge >= 0.3 is 0 Å². The highest BCUT2D eigenvalue weighted by Gasteiger charge is 2.28. The number of H-pyrrole nitrogens is 1. The lowest BCUT2D eigenvalue weighted by Gasteiger charge is -2.13. The van der Waals surface area contributed by atoms with Gasteiger partial charge in [0.25, 0.3) is 15.6 Å². The Kier molecular flexibility index (Phi) is 5.83. The summed E-state index contributed by atoms with van der Waals surface area (Å²) in [5.41, 5.74) is 1.92. The lowest BCUT2D eigenvalue weighted by Crippen LogP contribution is -2.28. The molecule has 2 aromatic rings. The maximum Gasteiger partial charge on any atom is 0.253 e. The number of sulfonamides is 1. The molecule has 0 atom stereocenters. The van der Waals surface area contributed by atoms with Crippen LogP contribution in [0.4, 0.5) is 0 Å². The van der Waals surface area contributed by atoms with Gasteiger partial charge in [-0.15, -0.1) is 11.3 Å². The Labute approximate surface area is 162 Å². The molecule has 2 N–H and O–H groups in total. The quantitative estimate of drug-likeness (QED) is 0.758. The normalized spacial score (nSPS) is 15.2. The zero-order valence-corrected chi connectivity index (χ0v) is 17.0. The van der Waals surface area contributed by atoms with Crippen LogP contribution in [0.25, 0.3) is 0 Å². The number of aryl methyl sites for hydroxylation is 2. The van der Waals surface area contributed by atoms with Crippen LogP contribution in [0.1, 0.15) is 34.5 Å². The van der Waals surface area contributed by atoms with Crippen LogP contribution >= 0.6 is 11.3 Å². The molecule has 2 aromatic heterocycles. The van der Waals surface area contributed by atoms with E-state index < -0.39 is 10.0 Å². The standard InChI is InChI=1S/C18H23N3O4S2/c1-12-9-13(2)20-18(23)15(12)11-19-16(22)10-14-5-6-17(26-14)27(24,25)21-7-3-4-8-21/h5-6,9H,3-4,7-8,10-11H2,1-2H3,(H,19,22)(H,20,23). The summed E-state index contributed by atoms with van der Waals surface area (Å²) in [7, 11) is -3.45. The number of hydrogen-bond donors (Lipinski definition) is 2. The number of nitrogens with one attached hydrogen (secondary N) is 2. The van der Waals surface area contributed by atoms with Gasteiger partial charge in [-0.2, -0.15) is 4.31 Å². The largest absolute Gasteiger partial charge is 0.351 e. The van der Waals surface area contributed by atoms with E-state index in [4.69, 9.17) is 0 Å². The highest BCUT2D eigenvalue weighted by Crippen LogP contribution is 2.27. The van der Waals surface area contributed by atoms with E-state index in [1.165, 1.54) is 4.31 Å². The Balaban J connectivity index is 1.62. The van der Waals surface area contributed by atoms with Crippen LogP contribution in [0.2, 0.25) is 0 Å². The Bertz CT molecular complexity index is 1000. The monoisotopic (exact) mass is 409 g/mol. The zero-order chi connectivity index (χ0) is 19.6. The Morgan fingerprint density at radius 1 is 1.26 bits per heavy atom.